The highest BCUT2D eigenvalue weighted by molar-refractivity contribution is 6.74. The van der Waals surface area contributed by atoms with Crippen LogP contribution in [-0.2, 0) is 4.43 Å². The lowest BCUT2D eigenvalue weighted by molar-refractivity contribution is 0.114. The van der Waals surface area contributed by atoms with E-state index in [1.807, 2.05) is 18.2 Å². The van der Waals surface area contributed by atoms with Gasteiger partial charge < -0.3 is 19.6 Å². The molecule has 0 unspecified atom stereocenters. The van der Waals surface area contributed by atoms with Gasteiger partial charge in [0.2, 0.25) is 0 Å². The maximum absolute atomic E-state index is 9.16. The summed E-state index contributed by atoms with van der Waals surface area (Å²) in [5.74, 6) is 0.729. The second-order valence-electron chi connectivity index (χ2n) is 8.01. The average Bonchev–Trinajstić information content (AvgIpc) is 2.48. The van der Waals surface area contributed by atoms with Crippen LogP contribution in [0.3, 0.4) is 0 Å². The number of aliphatic hydroxyl groups excluding tert-OH is 1. The largest absolute Gasteiger partial charge is 0.492 e. The summed E-state index contributed by atoms with van der Waals surface area (Å²) in [5, 5.41) is 13.3. The lowest BCUT2D eigenvalue weighted by Gasteiger charge is -2.40. The van der Waals surface area contributed by atoms with Crippen LogP contribution < -0.4 is 10.1 Å². The zero-order chi connectivity index (χ0) is 18.4. The molecule has 6 heteroatoms. The van der Waals surface area contributed by atoms with Gasteiger partial charge in [-0.2, -0.15) is 0 Å². The second-order valence-corrected chi connectivity index (χ2v) is 13.3. The first-order valence-electron chi connectivity index (χ1n) is 8.37. The Bertz CT molecular complexity index is 519. The Hall–Kier alpha value is -0.593. The Labute approximate surface area is 152 Å². The highest BCUT2D eigenvalue weighted by Crippen LogP contribution is 2.37. The molecule has 0 aliphatic heterocycles. The topological polar surface area (TPSA) is 50.7 Å². The predicted molar refractivity (Wildman–Crippen MR) is 104 cm³/mol. The summed E-state index contributed by atoms with van der Waals surface area (Å²) in [4.78, 5) is 0. The molecule has 0 amide bonds. The van der Waals surface area contributed by atoms with Crippen molar-refractivity contribution in [3.8, 4) is 5.75 Å². The van der Waals surface area contributed by atoms with E-state index in [4.69, 9.17) is 25.9 Å². The first-order chi connectivity index (χ1) is 11.0. The van der Waals surface area contributed by atoms with Gasteiger partial charge in [0.05, 0.1) is 18.8 Å². The van der Waals surface area contributed by atoms with E-state index in [1.165, 1.54) is 0 Å². The Morgan fingerprint density at radius 1 is 1.17 bits per heavy atom. The molecular weight excluding hydrogens is 342 g/mol. The first kappa shape index (κ1) is 21.4. The molecular formula is C18H32ClNO3Si. The van der Waals surface area contributed by atoms with Gasteiger partial charge in [-0.15, -0.1) is 0 Å². The van der Waals surface area contributed by atoms with E-state index in [9.17, 15) is 0 Å². The van der Waals surface area contributed by atoms with E-state index in [0.29, 0.717) is 24.8 Å². The number of halogens is 1. The van der Waals surface area contributed by atoms with Gasteiger partial charge in [0.25, 0.3) is 0 Å². The monoisotopic (exact) mass is 373 g/mol. The third kappa shape index (κ3) is 6.73. The average molecular weight is 374 g/mol. The molecule has 1 aromatic carbocycles. The molecule has 0 aromatic heterocycles. The smallest absolute Gasteiger partial charge is 0.192 e. The van der Waals surface area contributed by atoms with Crippen LogP contribution in [0.1, 0.15) is 27.7 Å². The molecule has 0 aliphatic rings. The Balaban J connectivity index is 2.74. The standard InChI is InChI=1S/C18H32ClNO3Si/c1-17(2,3)24(5,6)23-14-18(4,20-10-11-21)13-22-16-9-7-8-15(19)12-16/h7-9,12,20-21H,10-11,13-14H2,1-6H3/t18-/m1/s1. The number of rotatable bonds is 9. The van der Waals surface area contributed by atoms with E-state index in [1.54, 1.807) is 6.07 Å². The van der Waals surface area contributed by atoms with Gasteiger partial charge in [-0.1, -0.05) is 38.4 Å². The summed E-state index contributed by atoms with van der Waals surface area (Å²) >= 11 is 6.00. The molecule has 1 rings (SSSR count). The zero-order valence-corrected chi connectivity index (χ0v) is 17.5. The van der Waals surface area contributed by atoms with Crippen LogP contribution in [0.15, 0.2) is 24.3 Å². The molecule has 0 spiro atoms. The molecule has 0 fully saturated rings. The number of aliphatic hydroxyl groups is 1. The number of hydrogen-bond acceptors (Lipinski definition) is 4. The number of benzene rings is 1. The summed E-state index contributed by atoms with van der Waals surface area (Å²) in [7, 11) is -1.85. The van der Waals surface area contributed by atoms with Gasteiger partial charge in [-0.25, -0.2) is 0 Å². The van der Waals surface area contributed by atoms with Crippen molar-refractivity contribution < 1.29 is 14.3 Å². The fraction of sp³-hybridized carbons (Fsp3) is 0.667. The Morgan fingerprint density at radius 3 is 2.38 bits per heavy atom. The van der Waals surface area contributed by atoms with E-state index in [2.05, 4.69) is 46.1 Å². The maximum atomic E-state index is 9.16. The number of ether oxygens (including phenoxy) is 1. The van der Waals surface area contributed by atoms with E-state index >= 15 is 0 Å². The van der Waals surface area contributed by atoms with Crippen LogP contribution in [0.25, 0.3) is 0 Å². The van der Waals surface area contributed by atoms with Gasteiger partial charge in [-0.3, -0.25) is 0 Å². The molecule has 138 valence electrons. The molecule has 2 N–H and O–H groups in total. The lowest BCUT2D eigenvalue weighted by Crippen LogP contribution is -2.55. The van der Waals surface area contributed by atoms with Crippen molar-refractivity contribution in [2.75, 3.05) is 26.4 Å². The number of nitrogens with one attached hydrogen (secondary N) is 1. The summed E-state index contributed by atoms with van der Waals surface area (Å²) in [5.41, 5.74) is -0.388. The van der Waals surface area contributed by atoms with Crippen LogP contribution in [0, 0.1) is 0 Å². The molecule has 0 saturated carbocycles. The predicted octanol–water partition coefficient (Wildman–Crippen LogP) is 4.08. The minimum Gasteiger partial charge on any atom is -0.492 e. The number of hydrogen-bond donors (Lipinski definition) is 2. The molecule has 4 nitrogen and oxygen atoms in total. The SMILES string of the molecule is CC(C)(C)[Si](C)(C)OC[C@@](C)(COc1cccc(Cl)c1)NCCO. The highest BCUT2D eigenvalue weighted by atomic mass is 35.5. The molecule has 1 atom stereocenters. The second kappa shape index (κ2) is 8.67. The van der Waals surface area contributed by atoms with Crippen molar-refractivity contribution in [3.63, 3.8) is 0 Å². The molecule has 1 aromatic rings. The van der Waals surface area contributed by atoms with Gasteiger partial charge >= 0.3 is 0 Å². The minimum atomic E-state index is -1.85. The van der Waals surface area contributed by atoms with Crippen LogP contribution in [0.2, 0.25) is 23.2 Å². The molecule has 0 bridgehead atoms. The fourth-order valence-electron chi connectivity index (χ4n) is 1.86. The third-order valence-corrected chi connectivity index (χ3v) is 9.29. The van der Waals surface area contributed by atoms with Crippen molar-refractivity contribution in [1.82, 2.24) is 5.32 Å². The van der Waals surface area contributed by atoms with E-state index < -0.39 is 8.32 Å². The summed E-state index contributed by atoms with van der Waals surface area (Å²) in [6.07, 6.45) is 0. The number of β-amino-alcohol motifs (C(OH)–C–C–N with tert-alkyl or cyclic N) is 1. The van der Waals surface area contributed by atoms with Gasteiger partial charge in [0.1, 0.15) is 12.4 Å². The van der Waals surface area contributed by atoms with Crippen molar-refractivity contribution in [1.29, 1.82) is 0 Å². The lowest BCUT2D eigenvalue weighted by atomic mass is 10.1. The molecule has 0 aliphatic carbocycles. The van der Waals surface area contributed by atoms with Crippen molar-refractivity contribution in [2.45, 2.75) is 51.4 Å². The fourth-order valence-corrected chi connectivity index (χ4v) is 3.15. The third-order valence-electron chi connectivity index (χ3n) is 4.57. The van der Waals surface area contributed by atoms with Crippen LogP contribution in [0.5, 0.6) is 5.75 Å². The molecule has 0 radical (unpaired) electrons. The minimum absolute atomic E-state index is 0.0762. The molecule has 24 heavy (non-hydrogen) atoms. The summed E-state index contributed by atoms with van der Waals surface area (Å²) < 4.78 is 12.3. The quantitative estimate of drug-likeness (QED) is 0.640. The van der Waals surface area contributed by atoms with Crippen LogP contribution >= 0.6 is 11.6 Å². The molecule has 0 saturated heterocycles. The van der Waals surface area contributed by atoms with Gasteiger partial charge in [-0.05, 0) is 43.3 Å². The van der Waals surface area contributed by atoms with Crippen LogP contribution in [0.4, 0.5) is 0 Å². The zero-order valence-electron chi connectivity index (χ0n) is 15.8. The first-order valence-corrected chi connectivity index (χ1v) is 11.7. The van der Waals surface area contributed by atoms with Gasteiger partial charge in [0.15, 0.2) is 8.32 Å². The summed E-state index contributed by atoms with van der Waals surface area (Å²) in [6.45, 7) is 14.7. The van der Waals surface area contributed by atoms with E-state index in [-0.39, 0.29) is 17.2 Å². The van der Waals surface area contributed by atoms with Crippen molar-refractivity contribution in [2.24, 2.45) is 0 Å². The van der Waals surface area contributed by atoms with Crippen LogP contribution in [-0.4, -0.2) is 45.3 Å². The van der Waals surface area contributed by atoms with Crippen molar-refractivity contribution in [3.05, 3.63) is 29.3 Å². The Kier molecular flexibility index (Phi) is 7.75. The highest BCUT2D eigenvalue weighted by Gasteiger charge is 2.39. The van der Waals surface area contributed by atoms with Crippen molar-refractivity contribution >= 4 is 19.9 Å². The van der Waals surface area contributed by atoms with Gasteiger partial charge in [0, 0.05) is 11.6 Å². The normalized spacial score (nSPS) is 15.2. The Morgan fingerprint density at radius 2 is 1.83 bits per heavy atom. The van der Waals surface area contributed by atoms with E-state index in [0.717, 1.165) is 5.75 Å². The molecule has 0 heterocycles. The summed E-state index contributed by atoms with van der Waals surface area (Å²) in [6, 6.07) is 7.36. The maximum Gasteiger partial charge on any atom is 0.192 e.